The van der Waals surface area contributed by atoms with Gasteiger partial charge in [0.25, 0.3) is 11.5 Å². The Hall–Kier alpha value is -2.99. The molecule has 0 aliphatic carbocycles. The van der Waals surface area contributed by atoms with Gasteiger partial charge in [-0.1, -0.05) is 24.3 Å². The fraction of sp³-hybridized carbons (Fsp3) is 0.150. The Morgan fingerprint density at radius 3 is 2.88 bits per heavy atom. The Balaban J connectivity index is 1.66. The van der Waals surface area contributed by atoms with Crippen molar-refractivity contribution in [3.8, 4) is 0 Å². The lowest BCUT2D eigenvalue weighted by atomic mass is 10.1. The number of benzene rings is 1. The summed E-state index contributed by atoms with van der Waals surface area (Å²) in [6, 6.07) is 15.2. The molecule has 128 valence electrons. The van der Waals surface area contributed by atoms with Gasteiger partial charge >= 0.3 is 0 Å². The second kappa shape index (κ2) is 5.51. The van der Waals surface area contributed by atoms with Gasteiger partial charge < -0.3 is 4.90 Å². The molecule has 1 atom stereocenters. The van der Waals surface area contributed by atoms with Gasteiger partial charge in [0, 0.05) is 17.9 Å². The van der Waals surface area contributed by atoms with Gasteiger partial charge in [-0.05, 0) is 43.2 Å². The molecule has 0 N–H and O–H groups in total. The van der Waals surface area contributed by atoms with E-state index >= 15 is 0 Å². The summed E-state index contributed by atoms with van der Waals surface area (Å²) in [4.78, 5) is 33.4. The van der Waals surface area contributed by atoms with E-state index in [4.69, 9.17) is 0 Å². The van der Waals surface area contributed by atoms with Crippen LogP contribution in [0.3, 0.4) is 0 Å². The number of nitrogens with zero attached hydrogens (tertiary/aromatic N) is 3. The van der Waals surface area contributed by atoms with Crippen molar-refractivity contribution in [1.29, 1.82) is 0 Å². The standard InChI is InChI=1S/C20H15N3O2S/c1-12-10-13-6-2-3-7-15(13)23(12)20(25)16-11-14-18(26-16)21-17-8-4-5-9-22(17)19(14)24/h2-9,11-12H,10H2,1H3. The van der Waals surface area contributed by atoms with E-state index < -0.39 is 0 Å². The lowest BCUT2D eigenvalue weighted by Crippen LogP contribution is -2.35. The third kappa shape index (κ3) is 2.12. The minimum Gasteiger partial charge on any atom is -0.304 e. The number of amides is 1. The molecule has 5 nitrogen and oxygen atoms in total. The zero-order valence-electron chi connectivity index (χ0n) is 14.0. The summed E-state index contributed by atoms with van der Waals surface area (Å²) in [5, 5.41) is 0.488. The summed E-state index contributed by atoms with van der Waals surface area (Å²) < 4.78 is 1.51. The second-order valence-electron chi connectivity index (χ2n) is 6.53. The maximum atomic E-state index is 13.2. The summed E-state index contributed by atoms with van der Waals surface area (Å²) >= 11 is 1.28. The molecule has 4 aromatic rings. The molecule has 1 unspecified atom stereocenters. The van der Waals surface area contributed by atoms with Crippen LogP contribution in [-0.2, 0) is 6.42 Å². The molecule has 1 aromatic carbocycles. The monoisotopic (exact) mass is 361 g/mol. The van der Waals surface area contributed by atoms with Gasteiger partial charge in [-0.3, -0.25) is 14.0 Å². The minimum atomic E-state index is -0.143. The first kappa shape index (κ1) is 15.3. The van der Waals surface area contributed by atoms with Crippen molar-refractivity contribution in [3.63, 3.8) is 0 Å². The molecule has 26 heavy (non-hydrogen) atoms. The molecule has 1 amide bonds. The van der Waals surface area contributed by atoms with E-state index in [9.17, 15) is 9.59 Å². The Labute approximate surface area is 153 Å². The van der Waals surface area contributed by atoms with E-state index in [2.05, 4.69) is 11.1 Å². The van der Waals surface area contributed by atoms with Crippen LogP contribution in [0.2, 0.25) is 0 Å². The predicted molar refractivity (Wildman–Crippen MR) is 103 cm³/mol. The Morgan fingerprint density at radius 1 is 1.19 bits per heavy atom. The number of carbonyl (C=O) groups is 1. The normalized spacial score (nSPS) is 16.3. The van der Waals surface area contributed by atoms with E-state index in [1.165, 1.54) is 21.3 Å². The topological polar surface area (TPSA) is 54.7 Å². The molecule has 1 aliphatic rings. The molecule has 0 saturated carbocycles. The molecule has 6 heteroatoms. The van der Waals surface area contributed by atoms with Crippen molar-refractivity contribution in [2.45, 2.75) is 19.4 Å². The molecule has 0 saturated heterocycles. The number of pyridine rings is 1. The number of thiophene rings is 1. The molecule has 3 aromatic heterocycles. The zero-order chi connectivity index (χ0) is 17.8. The fourth-order valence-electron chi connectivity index (χ4n) is 3.65. The highest BCUT2D eigenvalue weighted by molar-refractivity contribution is 7.20. The molecule has 0 bridgehead atoms. The first-order chi connectivity index (χ1) is 12.6. The molecule has 1 aliphatic heterocycles. The van der Waals surface area contributed by atoms with Gasteiger partial charge in [0.05, 0.1) is 10.3 Å². The number of rotatable bonds is 1. The zero-order valence-corrected chi connectivity index (χ0v) is 14.9. The minimum absolute atomic E-state index is 0.0705. The van der Waals surface area contributed by atoms with E-state index in [-0.39, 0.29) is 17.5 Å². The second-order valence-corrected chi connectivity index (χ2v) is 7.56. The number of aromatic nitrogens is 2. The van der Waals surface area contributed by atoms with Crippen molar-refractivity contribution >= 4 is 38.8 Å². The maximum Gasteiger partial charge on any atom is 0.268 e. The lowest BCUT2D eigenvalue weighted by molar-refractivity contribution is 0.0985. The lowest BCUT2D eigenvalue weighted by Gasteiger charge is -2.21. The number of carbonyl (C=O) groups excluding carboxylic acids is 1. The number of hydrogen-bond donors (Lipinski definition) is 0. The van der Waals surface area contributed by atoms with Crippen LogP contribution in [0, 0.1) is 0 Å². The molecular weight excluding hydrogens is 346 g/mol. The van der Waals surface area contributed by atoms with Gasteiger partial charge in [-0.2, -0.15) is 0 Å². The van der Waals surface area contributed by atoms with Crippen LogP contribution in [-0.4, -0.2) is 21.3 Å². The van der Waals surface area contributed by atoms with E-state index in [1.54, 1.807) is 24.4 Å². The SMILES string of the molecule is CC1Cc2ccccc2N1C(=O)c1cc2c(=O)n3ccccc3nc2s1. The number of hydrogen-bond acceptors (Lipinski definition) is 4. The average molecular weight is 361 g/mol. The van der Waals surface area contributed by atoms with Gasteiger partial charge in [-0.15, -0.1) is 11.3 Å². The third-order valence-corrected chi connectivity index (χ3v) is 5.87. The highest BCUT2D eigenvalue weighted by Gasteiger charge is 2.32. The van der Waals surface area contributed by atoms with Crippen LogP contribution < -0.4 is 10.5 Å². The van der Waals surface area contributed by atoms with Gasteiger partial charge in [0.1, 0.15) is 10.5 Å². The van der Waals surface area contributed by atoms with Crippen molar-refractivity contribution in [3.05, 3.63) is 75.5 Å². The Morgan fingerprint density at radius 2 is 2.00 bits per heavy atom. The van der Waals surface area contributed by atoms with Crippen molar-refractivity contribution in [2.24, 2.45) is 0 Å². The summed E-state index contributed by atoms with van der Waals surface area (Å²) in [6.07, 6.45) is 2.54. The molecule has 5 rings (SSSR count). The summed E-state index contributed by atoms with van der Waals surface area (Å²) in [7, 11) is 0. The highest BCUT2D eigenvalue weighted by Crippen LogP contribution is 2.34. The van der Waals surface area contributed by atoms with E-state index in [1.807, 2.05) is 36.1 Å². The number of anilines is 1. The molecule has 4 heterocycles. The van der Waals surface area contributed by atoms with Crippen molar-refractivity contribution < 1.29 is 4.79 Å². The van der Waals surface area contributed by atoms with Crippen molar-refractivity contribution in [2.75, 3.05) is 4.90 Å². The van der Waals surface area contributed by atoms with Gasteiger partial charge in [-0.25, -0.2) is 4.98 Å². The molecule has 0 fully saturated rings. The van der Waals surface area contributed by atoms with Gasteiger partial charge in [0.15, 0.2) is 0 Å². The highest BCUT2D eigenvalue weighted by atomic mass is 32.1. The van der Waals surface area contributed by atoms with Crippen LogP contribution in [0.4, 0.5) is 5.69 Å². The molecular formula is C20H15N3O2S. The third-order valence-electron chi connectivity index (χ3n) is 4.85. The number of fused-ring (bicyclic) bond motifs is 3. The summed E-state index contributed by atoms with van der Waals surface area (Å²) in [6.45, 7) is 2.05. The van der Waals surface area contributed by atoms with Gasteiger partial charge in [0.2, 0.25) is 0 Å². The van der Waals surface area contributed by atoms with Crippen molar-refractivity contribution in [1.82, 2.24) is 9.38 Å². The molecule has 0 spiro atoms. The Bertz CT molecular complexity index is 1240. The van der Waals surface area contributed by atoms with Crippen LogP contribution >= 0.6 is 11.3 Å². The van der Waals surface area contributed by atoms with Crippen LogP contribution in [0.5, 0.6) is 0 Å². The van der Waals surface area contributed by atoms with Crippen LogP contribution in [0.1, 0.15) is 22.2 Å². The van der Waals surface area contributed by atoms with E-state index in [0.717, 1.165) is 12.1 Å². The quantitative estimate of drug-likeness (QED) is 0.521. The maximum absolute atomic E-state index is 13.2. The summed E-state index contributed by atoms with van der Waals surface area (Å²) in [5.74, 6) is -0.0705. The largest absolute Gasteiger partial charge is 0.304 e. The first-order valence-corrected chi connectivity index (χ1v) is 9.27. The average Bonchev–Trinajstić information content (AvgIpc) is 3.22. The summed E-state index contributed by atoms with van der Waals surface area (Å²) in [5.41, 5.74) is 2.58. The fourth-order valence-corrected chi connectivity index (χ4v) is 4.61. The van der Waals surface area contributed by atoms with E-state index in [0.29, 0.717) is 20.7 Å². The Kier molecular flexibility index (Phi) is 3.24. The van der Waals surface area contributed by atoms with Crippen LogP contribution in [0.25, 0.3) is 15.9 Å². The predicted octanol–water partition coefficient (Wildman–Crippen LogP) is 3.50. The number of para-hydroxylation sites is 1. The smallest absolute Gasteiger partial charge is 0.268 e. The molecule has 0 radical (unpaired) electrons. The van der Waals surface area contributed by atoms with Crippen LogP contribution in [0.15, 0.2) is 59.5 Å². The first-order valence-electron chi connectivity index (χ1n) is 8.46.